The van der Waals surface area contributed by atoms with Crippen molar-refractivity contribution in [2.75, 3.05) is 0 Å². The zero-order chi connectivity index (χ0) is 12.3. The first-order chi connectivity index (χ1) is 8.04. The Bertz CT molecular complexity index is 622. The lowest BCUT2D eigenvalue weighted by Gasteiger charge is -2.08. The van der Waals surface area contributed by atoms with Gasteiger partial charge in [-0.1, -0.05) is 0 Å². The third-order valence-electron chi connectivity index (χ3n) is 2.94. The predicted octanol–water partition coefficient (Wildman–Crippen LogP) is 0.805. The summed E-state index contributed by atoms with van der Waals surface area (Å²) in [7, 11) is 1.36. The van der Waals surface area contributed by atoms with Crippen molar-refractivity contribution in [3.05, 3.63) is 34.8 Å². The molecule has 0 atom stereocenters. The van der Waals surface area contributed by atoms with Crippen molar-refractivity contribution >= 4 is 11.6 Å². The highest BCUT2D eigenvalue weighted by Crippen LogP contribution is 2.39. The molecule has 0 aliphatic heterocycles. The molecule has 0 aromatic carbocycles. The van der Waals surface area contributed by atoms with E-state index in [9.17, 15) is 19.8 Å². The van der Waals surface area contributed by atoms with Crippen LogP contribution in [0.15, 0.2) is 16.9 Å². The Kier molecular flexibility index (Phi) is 1.59. The van der Waals surface area contributed by atoms with Crippen LogP contribution in [0.1, 0.15) is 31.8 Å². The number of carbonyl (C=O) groups is 2. The van der Waals surface area contributed by atoms with E-state index in [0.717, 1.165) is 17.1 Å². The Labute approximate surface area is 94.7 Å². The van der Waals surface area contributed by atoms with Gasteiger partial charge in [-0.15, -0.1) is 0 Å². The van der Waals surface area contributed by atoms with Crippen molar-refractivity contribution in [2.24, 2.45) is 7.05 Å². The third kappa shape index (κ3) is 0.944. The molecular formula is C11H7NO5. The van der Waals surface area contributed by atoms with Gasteiger partial charge >= 0.3 is 0 Å². The molecular weight excluding hydrogens is 226 g/mol. The van der Waals surface area contributed by atoms with E-state index in [1.165, 1.54) is 7.05 Å². The van der Waals surface area contributed by atoms with Crippen molar-refractivity contribution in [3.63, 3.8) is 0 Å². The second kappa shape index (κ2) is 2.79. The number of hydrogen-bond donors (Lipinski definition) is 2. The fourth-order valence-corrected chi connectivity index (χ4v) is 2.01. The molecule has 0 amide bonds. The van der Waals surface area contributed by atoms with Crippen LogP contribution >= 0.6 is 0 Å². The van der Waals surface area contributed by atoms with E-state index in [1.54, 1.807) is 0 Å². The van der Waals surface area contributed by atoms with Crippen LogP contribution in [0.3, 0.4) is 0 Å². The molecule has 0 unspecified atom stereocenters. The van der Waals surface area contributed by atoms with Gasteiger partial charge in [0, 0.05) is 7.05 Å². The number of hydrogen-bond acceptors (Lipinski definition) is 5. The van der Waals surface area contributed by atoms with Gasteiger partial charge in [-0.3, -0.25) is 14.2 Å². The summed E-state index contributed by atoms with van der Waals surface area (Å²) in [5.41, 5.74) is -0.153. The molecule has 2 aromatic heterocycles. The van der Waals surface area contributed by atoms with E-state index >= 15 is 0 Å². The molecule has 0 fully saturated rings. The maximum atomic E-state index is 12.0. The average Bonchev–Trinajstić information content (AvgIpc) is 2.86. The van der Waals surface area contributed by atoms with Gasteiger partial charge in [-0.2, -0.15) is 0 Å². The van der Waals surface area contributed by atoms with Gasteiger partial charge in [0.1, 0.15) is 12.5 Å². The molecule has 2 heterocycles. The lowest BCUT2D eigenvalue weighted by molar-refractivity contribution is 0.0977. The Hall–Kier alpha value is -2.50. The molecule has 1 aliphatic carbocycles. The maximum Gasteiger partial charge on any atom is 0.205 e. The van der Waals surface area contributed by atoms with Crippen molar-refractivity contribution in [1.82, 2.24) is 4.57 Å². The fraction of sp³-hybridized carbons (Fsp3) is 0.0909. The quantitative estimate of drug-likeness (QED) is 0.599. The smallest absolute Gasteiger partial charge is 0.205 e. The predicted molar refractivity (Wildman–Crippen MR) is 54.3 cm³/mol. The number of carbonyl (C=O) groups excluding carboxylic acids is 2. The molecule has 2 N–H and O–H groups in total. The van der Waals surface area contributed by atoms with Crippen LogP contribution in [0.4, 0.5) is 0 Å². The molecule has 2 aromatic rings. The van der Waals surface area contributed by atoms with Crippen molar-refractivity contribution in [2.45, 2.75) is 0 Å². The first-order valence-corrected chi connectivity index (χ1v) is 4.80. The normalized spacial score (nSPS) is 13.7. The van der Waals surface area contributed by atoms with Crippen LogP contribution in [-0.4, -0.2) is 26.3 Å². The summed E-state index contributed by atoms with van der Waals surface area (Å²) in [5, 5.41) is 19.4. The van der Waals surface area contributed by atoms with Crippen molar-refractivity contribution < 1.29 is 24.2 Å². The average molecular weight is 233 g/mol. The van der Waals surface area contributed by atoms with Gasteiger partial charge in [0.15, 0.2) is 0 Å². The van der Waals surface area contributed by atoms with E-state index in [-0.39, 0.29) is 22.3 Å². The second-order valence-electron chi connectivity index (χ2n) is 3.81. The Balaban J connectivity index is 2.42. The summed E-state index contributed by atoms with van der Waals surface area (Å²) < 4.78 is 5.80. The van der Waals surface area contributed by atoms with Gasteiger partial charge in [-0.25, -0.2) is 0 Å². The zero-order valence-electron chi connectivity index (χ0n) is 8.72. The minimum atomic E-state index is -0.531. The largest absolute Gasteiger partial charge is 0.494 e. The third-order valence-corrected chi connectivity index (χ3v) is 2.94. The summed E-state index contributed by atoms with van der Waals surface area (Å²) in [4.78, 5) is 24.0. The standard InChI is InChI=1S/C11H7NO5/c1-12-10(15)6-7(11(12)16)9(14)5-3-17-2-4(5)8(6)13/h2-3,15-16H,1H3. The monoisotopic (exact) mass is 233 g/mol. The van der Waals surface area contributed by atoms with Gasteiger partial charge < -0.3 is 14.6 Å². The summed E-state index contributed by atoms with van der Waals surface area (Å²) in [5.74, 6) is -1.92. The van der Waals surface area contributed by atoms with E-state index in [0.29, 0.717) is 0 Å². The molecule has 17 heavy (non-hydrogen) atoms. The van der Waals surface area contributed by atoms with Crippen molar-refractivity contribution in [3.8, 4) is 11.8 Å². The van der Waals surface area contributed by atoms with Crippen molar-refractivity contribution in [1.29, 1.82) is 0 Å². The number of aromatic hydroxyl groups is 2. The van der Waals surface area contributed by atoms with Crippen LogP contribution in [0, 0.1) is 0 Å². The van der Waals surface area contributed by atoms with Crippen LogP contribution in [-0.2, 0) is 7.05 Å². The highest BCUT2D eigenvalue weighted by molar-refractivity contribution is 6.30. The van der Waals surface area contributed by atoms with Gasteiger partial charge in [0.2, 0.25) is 23.3 Å². The van der Waals surface area contributed by atoms with E-state index in [2.05, 4.69) is 0 Å². The molecule has 0 saturated heterocycles. The zero-order valence-corrected chi connectivity index (χ0v) is 8.72. The second-order valence-corrected chi connectivity index (χ2v) is 3.81. The lowest BCUT2D eigenvalue weighted by atomic mass is 9.89. The molecule has 0 radical (unpaired) electrons. The SMILES string of the molecule is Cn1c(O)c2c(c1O)C(=O)c1cocc1C2=O. The van der Waals surface area contributed by atoms with Crippen LogP contribution < -0.4 is 0 Å². The summed E-state index contributed by atoms with van der Waals surface area (Å²) in [6, 6.07) is 0. The minimum Gasteiger partial charge on any atom is -0.494 e. The molecule has 0 spiro atoms. The van der Waals surface area contributed by atoms with E-state index in [4.69, 9.17) is 4.42 Å². The van der Waals surface area contributed by atoms with E-state index in [1.807, 2.05) is 0 Å². The van der Waals surface area contributed by atoms with Crippen LogP contribution in [0.5, 0.6) is 11.8 Å². The first-order valence-electron chi connectivity index (χ1n) is 4.80. The molecule has 1 aliphatic rings. The Morgan fingerprint density at radius 1 is 1.00 bits per heavy atom. The molecule has 6 heteroatoms. The number of rotatable bonds is 0. The maximum absolute atomic E-state index is 12.0. The highest BCUT2D eigenvalue weighted by Gasteiger charge is 2.39. The summed E-state index contributed by atoms with van der Waals surface area (Å²) in [6.45, 7) is 0. The number of nitrogens with zero attached hydrogens (tertiary/aromatic N) is 1. The molecule has 0 saturated carbocycles. The summed E-state index contributed by atoms with van der Waals surface area (Å²) in [6.07, 6.45) is 2.31. The molecule has 0 bridgehead atoms. The van der Waals surface area contributed by atoms with Gasteiger partial charge in [-0.05, 0) is 0 Å². The molecule has 86 valence electrons. The lowest BCUT2D eigenvalue weighted by Crippen LogP contribution is -2.17. The number of aromatic nitrogens is 1. The fourth-order valence-electron chi connectivity index (χ4n) is 2.01. The highest BCUT2D eigenvalue weighted by atomic mass is 16.3. The van der Waals surface area contributed by atoms with Crippen LogP contribution in [0.2, 0.25) is 0 Å². The topological polar surface area (TPSA) is 92.7 Å². The summed E-state index contributed by atoms with van der Waals surface area (Å²) >= 11 is 0. The number of fused-ring (bicyclic) bond motifs is 2. The molecule has 3 rings (SSSR count). The van der Waals surface area contributed by atoms with Gasteiger partial charge in [0.25, 0.3) is 0 Å². The van der Waals surface area contributed by atoms with Crippen LogP contribution in [0.25, 0.3) is 0 Å². The molecule has 6 nitrogen and oxygen atoms in total. The number of ketones is 2. The van der Waals surface area contributed by atoms with Gasteiger partial charge in [0.05, 0.1) is 22.3 Å². The number of furan rings is 1. The van der Waals surface area contributed by atoms with E-state index < -0.39 is 23.3 Å². The minimum absolute atomic E-state index is 0.100. The Morgan fingerprint density at radius 3 is 1.82 bits per heavy atom. The Morgan fingerprint density at radius 2 is 1.41 bits per heavy atom. The first kappa shape index (κ1) is 9.71.